The minimum atomic E-state index is -0.440. The van der Waals surface area contributed by atoms with Crippen LogP contribution in [0.3, 0.4) is 0 Å². The standard InChI is InChI=1S/C12H13N3O3/c1-17-12(16)9-3-2-4-10(13)11(9)14-7-8-5-6-18-15-8/h2-6,14H,7,13H2,1H3. The van der Waals surface area contributed by atoms with Crippen molar-refractivity contribution in [1.29, 1.82) is 0 Å². The molecule has 2 aromatic rings. The second-order valence-corrected chi connectivity index (χ2v) is 3.61. The Hall–Kier alpha value is -2.50. The molecular weight excluding hydrogens is 234 g/mol. The van der Waals surface area contributed by atoms with Crippen LogP contribution in [0, 0.1) is 0 Å². The molecule has 1 heterocycles. The van der Waals surface area contributed by atoms with Gasteiger partial charge in [0, 0.05) is 6.07 Å². The molecule has 0 saturated carbocycles. The van der Waals surface area contributed by atoms with E-state index < -0.39 is 5.97 Å². The lowest BCUT2D eigenvalue weighted by Crippen LogP contribution is -2.10. The smallest absolute Gasteiger partial charge is 0.340 e. The first-order valence-corrected chi connectivity index (χ1v) is 5.32. The van der Waals surface area contributed by atoms with Gasteiger partial charge in [-0.25, -0.2) is 4.79 Å². The van der Waals surface area contributed by atoms with Gasteiger partial charge in [-0.1, -0.05) is 11.2 Å². The van der Waals surface area contributed by atoms with Crippen molar-refractivity contribution in [1.82, 2.24) is 5.16 Å². The average Bonchev–Trinajstić information content (AvgIpc) is 2.89. The molecule has 0 aliphatic rings. The highest BCUT2D eigenvalue weighted by Gasteiger charge is 2.14. The molecule has 0 aliphatic heterocycles. The maximum Gasteiger partial charge on any atom is 0.340 e. The highest BCUT2D eigenvalue weighted by molar-refractivity contribution is 5.98. The molecule has 6 heteroatoms. The minimum Gasteiger partial charge on any atom is -0.465 e. The lowest BCUT2D eigenvalue weighted by Gasteiger charge is -2.12. The van der Waals surface area contributed by atoms with Crippen LogP contribution >= 0.6 is 0 Å². The van der Waals surface area contributed by atoms with Gasteiger partial charge in [-0.2, -0.15) is 0 Å². The van der Waals surface area contributed by atoms with E-state index in [9.17, 15) is 4.79 Å². The van der Waals surface area contributed by atoms with Gasteiger partial charge < -0.3 is 20.3 Å². The highest BCUT2D eigenvalue weighted by atomic mass is 16.5. The number of carbonyl (C=O) groups is 1. The molecule has 94 valence electrons. The summed E-state index contributed by atoms with van der Waals surface area (Å²) < 4.78 is 9.42. The van der Waals surface area contributed by atoms with Crippen LogP contribution < -0.4 is 11.1 Å². The second kappa shape index (κ2) is 5.22. The molecule has 1 aromatic heterocycles. The number of methoxy groups -OCH3 is 1. The molecule has 18 heavy (non-hydrogen) atoms. The molecule has 0 bridgehead atoms. The van der Waals surface area contributed by atoms with E-state index in [2.05, 4.69) is 10.5 Å². The Kier molecular flexibility index (Phi) is 3.47. The number of aromatic nitrogens is 1. The van der Waals surface area contributed by atoms with Crippen LogP contribution in [0.15, 0.2) is 35.1 Å². The number of nitrogens with two attached hydrogens (primary N) is 1. The number of carbonyl (C=O) groups excluding carboxylic acids is 1. The summed E-state index contributed by atoms with van der Waals surface area (Å²) in [7, 11) is 1.33. The van der Waals surface area contributed by atoms with E-state index in [1.54, 1.807) is 24.3 Å². The number of anilines is 2. The Balaban J connectivity index is 2.22. The summed E-state index contributed by atoms with van der Waals surface area (Å²) in [6.45, 7) is 0.411. The normalized spacial score (nSPS) is 10.1. The fourth-order valence-electron chi connectivity index (χ4n) is 1.56. The van der Waals surface area contributed by atoms with Crippen LogP contribution in [0.5, 0.6) is 0 Å². The number of benzene rings is 1. The van der Waals surface area contributed by atoms with Crippen LogP contribution in [0.2, 0.25) is 0 Å². The molecule has 3 N–H and O–H groups in total. The molecule has 0 radical (unpaired) electrons. The summed E-state index contributed by atoms with van der Waals surface area (Å²) in [6, 6.07) is 6.78. The predicted molar refractivity (Wildman–Crippen MR) is 66.0 cm³/mol. The zero-order valence-electron chi connectivity index (χ0n) is 9.84. The largest absolute Gasteiger partial charge is 0.465 e. The number of rotatable bonds is 4. The first-order chi connectivity index (χ1) is 8.72. The summed E-state index contributed by atoms with van der Waals surface area (Å²) in [5.41, 5.74) is 7.95. The number of nitrogens with zero attached hydrogens (tertiary/aromatic N) is 1. The Labute approximate surface area is 104 Å². The molecule has 0 saturated heterocycles. The first-order valence-electron chi connectivity index (χ1n) is 5.32. The van der Waals surface area contributed by atoms with Crippen molar-refractivity contribution in [2.75, 3.05) is 18.2 Å². The van der Waals surface area contributed by atoms with Gasteiger partial charge in [-0.3, -0.25) is 0 Å². The minimum absolute atomic E-state index is 0.390. The summed E-state index contributed by atoms with van der Waals surface area (Å²) in [5.74, 6) is -0.440. The van der Waals surface area contributed by atoms with Crippen LogP contribution in [-0.2, 0) is 11.3 Å². The van der Waals surface area contributed by atoms with Crippen LogP contribution in [0.25, 0.3) is 0 Å². The molecule has 0 amide bonds. The monoisotopic (exact) mass is 247 g/mol. The van der Waals surface area contributed by atoms with Crippen LogP contribution in [0.4, 0.5) is 11.4 Å². The molecule has 0 fully saturated rings. The lowest BCUT2D eigenvalue weighted by molar-refractivity contribution is 0.0602. The molecule has 6 nitrogen and oxygen atoms in total. The van der Waals surface area contributed by atoms with E-state index in [-0.39, 0.29) is 0 Å². The second-order valence-electron chi connectivity index (χ2n) is 3.61. The number of ether oxygens (including phenoxy) is 1. The predicted octanol–water partition coefficient (Wildman–Crippen LogP) is 1.66. The van der Waals surface area contributed by atoms with E-state index in [0.29, 0.717) is 29.2 Å². The fourth-order valence-corrected chi connectivity index (χ4v) is 1.56. The van der Waals surface area contributed by atoms with E-state index in [1.807, 2.05) is 0 Å². The number of hydrogen-bond donors (Lipinski definition) is 2. The molecule has 1 aromatic carbocycles. The average molecular weight is 247 g/mol. The topological polar surface area (TPSA) is 90.4 Å². The number of nitrogen functional groups attached to an aromatic ring is 1. The molecule has 0 spiro atoms. The van der Waals surface area contributed by atoms with Gasteiger partial charge in [0.1, 0.15) is 12.0 Å². The number of hydrogen-bond acceptors (Lipinski definition) is 6. The lowest BCUT2D eigenvalue weighted by atomic mass is 10.1. The van der Waals surface area contributed by atoms with Crippen molar-refractivity contribution in [2.45, 2.75) is 6.54 Å². The Morgan fingerprint density at radius 2 is 2.33 bits per heavy atom. The van der Waals surface area contributed by atoms with Gasteiger partial charge in [0.05, 0.1) is 30.6 Å². The summed E-state index contributed by atoms with van der Waals surface area (Å²) in [4.78, 5) is 11.6. The fraction of sp³-hybridized carbons (Fsp3) is 0.167. The summed E-state index contributed by atoms with van der Waals surface area (Å²) in [6.07, 6.45) is 1.48. The first kappa shape index (κ1) is 12.0. The van der Waals surface area contributed by atoms with Crippen molar-refractivity contribution >= 4 is 17.3 Å². The van der Waals surface area contributed by atoms with Crippen molar-refractivity contribution in [3.63, 3.8) is 0 Å². The highest BCUT2D eigenvalue weighted by Crippen LogP contribution is 2.24. The van der Waals surface area contributed by atoms with Gasteiger partial charge in [0.15, 0.2) is 0 Å². The van der Waals surface area contributed by atoms with Crippen molar-refractivity contribution in [3.8, 4) is 0 Å². The third-order valence-corrected chi connectivity index (χ3v) is 2.44. The Morgan fingerprint density at radius 1 is 1.50 bits per heavy atom. The van der Waals surface area contributed by atoms with Crippen LogP contribution in [0.1, 0.15) is 16.1 Å². The van der Waals surface area contributed by atoms with Crippen molar-refractivity contribution in [2.24, 2.45) is 0 Å². The number of nitrogens with one attached hydrogen (secondary N) is 1. The summed E-state index contributed by atoms with van der Waals surface area (Å²) in [5, 5.41) is 6.81. The van der Waals surface area contributed by atoms with Gasteiger partial charge in [-0.05, 0) is 12.1 Å². The third-order valence-electron chi connectivity index (χ3n) is 2.44. The zero-order valence-corrected chi connectivity index (χ0v) is 9.84. The SMILES string of the molecule is COC(=O)c1cccc(N)c1NCc1ccon1. The molecule has 2 rings (SSSR count). The van der Waals surface area contributed by atoms with Gasteiger partial charge >= 0.3 is 5.97 Å². The van der Waals surface area contributed by atoms with Crippen molar-refractivity contribution < 1.29 is 14.1 Å². The number of esters is 1. The molecule has 0 unspecified atom stereocenters. The van der Waals surface area contributed by atoms with Gasteiger partial charge in [0.25, 0.3) is 0 Å². The molecule has 0 aliphatic carbocycles. The Morgan fingerprint density at radius 3 is 3.00 bits per heavy atom. The maximum atomic E-state index is 11.6. The van der Waals surface area contributed by atoms with E-state index in [4.69, 9.17) is 15.0 Å². The van der Waals surface area contributed by atoms with Gasteiger partial charge in [0.2, 0.25) is 0 Å². The number of para-hydroxylation sites is 1. The van der Waals surface area contributed by atoms with Gasteiger partial charge in [-0.15, -0.1) is 0 Å². The Bertz CT molecular complexity index is 538. The summed E-state index contributed by atoms with van der Waals surface area (Å²) >= 11 is 0. The maximum absolute atomic E-state index is 11.6. The van der Waals surface area contributed by atoms with Crippen LogP contribution in [-0.4, -0.2) is 18.2 Å². The zero-order chi connectivity index (χ0) is 13.0. The van der Waals surface area contributed by atoms with Crippen molar-refractivity contribution in [3.05, 3.63) is 41.8 Å². The molecule has 0 atom stereocenters. The molecular formula is C12H13N3O3. The third kappa shape index (κ3) is 2.42. The van der Waals surface area contributed by atoms with E-state index in [0.717, 1.165) is 0 Å². The van der Waals surface area contributed by atoms with E-state index in [1.165, 1.54) is 13.4 Å². The van der Waals surface area contributed by atoms with E-state index >= 15 is 0 Å². The quantitative estimate of drug-likeness (QED) is 0.630.